The number of aromatic amines is 1. The molecule has 6 rings (SSSR count). The van der Waals surface area contributed by atoms with Crippen molar-refractivity contribution in [2.75, 3.05) is 6.61 Å². The van der Waals surface area contributed by atoms with Gasteiger partial charge in [0.1, 0.15) is 17.2 Å². The monoisotopic (exact) mass is 429 g/mol. The normalized spacial score (nSPS) is 17.6. The summed E-state index contributed by atoms with van der Waals surface area (Å²) in [5.41, 5.74) is 4.10. The van der Waals surface area contributed by atoms with Crippen LogP contribution in [0.25, 0.3) is 22.6 Å². The molecule has 162 valence electrons. The van der Waals surface area contributed by atoms with Crippen LogP contribution in [0.1, 0.15) is 53.2 Å². The molecule has 32 heavy (non-hydrogen) atoms. The first kappa shape index (κ1) is 18.9. The second-order valence-electron chi connectivity index (χ2n) is 8.43. The van der Waals surface area contributed by atoms with Crippen molar-refractivity contribution in [2.24, 2.45) is 0 Å². The van der Waals surface area contributed by atoms with Crippen LogP contribution in [-0.2, 0) is 0 Å². The van der Waals surface area contributed by atoms with E-state index in [1.807, 2.05) is 42.1 Å². The molecule has 0 bridgehead atoms. The third kappa shape index (κ3) is 3.47. The van der Waals surface area contributed by atoms with E-state index in [9.17, 15) is 4.79 Å². The van der Waals surface area contributed by atoms with Crippen LogP contribution < -0.4 is 10.1 Å². The van der Waals surface area contributed by atoms with Gasteiger partial charge in [-0.3, -0.25) is 14.6 Å². The lowest BCUT2D eigenvalue weighted by Gasteiger charge is -2.27. The average molecular weight is 429 g/mol. The summed E-state index contributed by atoms with van der Waals surface area (Å²) < 4.78 is 13.5. The number of aromatic nitrogens is 4. The maximum Gasteiger partial charge on any atom is 0.272 e. The molecule has 4 aromatic rings. The number of nitrogens with zero attached hydrogens (tertiary/aromatic N) is 3. The van der Waals surface area contributed by atoms with Crippen molar-refractivity contribution in [1.29, 1.82) is 0 Å². The van der Waals surface area contributed by atoms with Crippen molar-refractivity contribution in [2.45, 2.75) is 38.3 Å². The van der Waals surface area contributed by atoms with E-state index in [4.69, 9.17) is 9.15 Å². The Morgan fingerprint density at radius 3 is 2.88 bits per heavy atom. The van der Waals surface area contributed by atoms with Gasteiger partial charge in [-0.25, -0.2) is 0 Å². The molecule has 1 atom stereocenters. The quantitative estimate of drug-likeness (QED) is 0.489. The van der Waals surface area contributed by atoms with Crippen LogP contribution in [0, 0.1) is 6.92 Å². The Labute approximate surface area is 184 Å². The fraction of sp³-hybridized carbons (Fsp3) is 0.292. The molecule has 0 spiro atoms. The maximum atomic E-state index is 12.9. The SMILES string of the molecule is Cc1ccc(-c2cc(C(=O)NC3CCOc4ccc(-c5cnn(C6CC6)c5)cc43)n[nH]2)o1. The van der Waals surface area contributed by atoms with E-state index < -0.39 is 0 Å². The summed E-state index contributed by atoms with van der Waals surface area (Å²) in [6, 6.07) is 11.9. The molecule has 2 aliphatic rings. The fourth-order valence-electron chi connectivity index (χ4n) is 4.13. The summed E-state index contributed by atoms with van der Waals surface area (Å²) in [6.45, 7) is 2.43. The molecule has 8 nitrogen and oxygen atoms in total. The zero-order valence-corrected chi connectivity index (χ0v) is 17.7. The smallest absolute Gasteiger partial charge is 0.272 e. The van der Waals surface area contributed by atoms with Crippen molar-refractivity contribution >= 4 is 5.91 Å². The highest BCUT2D eigenvalue weighted by Gasteiger charge is 2.27. The number of rotatable bonds is 5. The van der Waals surface area contributed by atoms with E-state index in [0.29, 0.717) is 36.2 Å². The summed E-state index contributed by atoms with van der Waals surface area (Å²) in [5, 5.41) is 14.7. The van der Waals surface area contributed by atoms with Crippen LogP contribution in [0.3, 0.4) is 0 Å². The molecule has 2 N–H and O–H groups in total. The number of ether oxygens (including phenoxy) is 1. The lowest BCUT2D eigenvalue weighted by Crippen LogP contribution is -2.32. The van der Waals surface area contributed by atoms with Gasteiger partial charge in [-0.1, -0.05) is 6.07 Å². The van der Waals surface area contributed by atoms with Gasteiger partial charge in [0.2, 0.25) is 0 Å². The number of fused-ring (bicyclic) bond motifs is 1. The number of benzene rings is 1. The number of hydrogen-bond donors (Lipinski definition) is 2. The van der Waals surface area contributed by atoms with E-state index >= 15 is 0 Å². The Morgan fingerprint density at radius 1 is 1.16 bits per heavy atom. The van der Waals surface area contributed by atoms with E-state index in [1.54, 1.807) is 6.07 Å². The van der Waals surface area contributed by atoms with Crippen LogP contribution in [0.2, 0.25) is 0 Å². The Kier molecular flexibility index (Phi) is 4.38. The molecule has 1 unspecified atom stereocenters. The Hall–Kier alpha value is -3.81. The largest absolute Gasteiger partial charge is 0.493 e. The minimum Gasteiger partial charge on any atom is -0.493 e. The minimum atomic E-state index is -0.236. The molecule has 4 heterocycles. The molecular formula is C24H23N5O3. The first-order chi connectivity index (χ1) is 15.6. The summed E-state index contributed by atoms with van der Waals surface area (Å²) in [4.78, 5) is 12.9. The van der Waals surface area contributed by atoms with E-state index in [1.165, 1.54) is 12.8 Å². The van der Waals surface area contributed by atoms with Gasteiger partial charge in [-0.15, -0.1) is 0 Å². The van der Waals surface area contributed by atoms with Crippen LogP contribution in [-0.4, -0.2) is 32.5 Å². The predicted molar refractivity (Wildman–Crippen MR) is 117 cm³/mol. The molecule has 1 saturated carbocycles. The third-order valence-corrected chi connectivity index (χ3v) is 6.03. The van der Waals surface area contributed by atoms with E-state index in [-0.39, 0.29) is 11.9 Å². The lowest BCUT2D eigenvalue weighted by molar-refractivity contribution is 0.0919. The van der Waals surface area contributed by atoms with Crippen molar-refractivity contribution in [3.05, 3.63) is 65.8 Å². The Balaban J connectivity index is 1.23. The lowest BCUT2D eigenvalue weighted by atomic mass is 9.96. The summed E-state index contributed by atoms with van der Waals surface area (Å²) in [6.07, 6.45) is 7.08. The molecule has 0 saturated heterocycles. The first-order valence-electron chi connectivity index (χ1n) is 10.9. The number of carbonyl (C=O) groups excluding carboxylic acids is 1. The maximum absolute atomic E-state index is 12.9. The number of hydrogen-bond acceptors (Lipinski definition) is 5. The van der Waals surface area contributed by atoms with Gasteiger partial charge in [0.25, 0.3) is 5.91 Å². The minimum absolute atomic E-state index is 0.157. The van der Waals surface area contributed by atoms with Gasteiger partial charge in [-0.05, 0) is 49.6 Å². The van der Waals surface area contributed by atoms with Gasteiger partial charge >= 0.3 is 0 Å². The zero-order chi connectivity index (χ0) is 21.7. The molecule has 1 aromatic carbocycles. The number of nitrogens with one attached hydrogen (secondary N) is 2. The molecular weight excluding hydrogens is 406 g/mol. The number of aryl methyl sites for hydroxylation is 1. The number of H-pyrrole nitrogens is 1. The fourth-order valence-corrected chi connectivity index (χ4v) is 4.13. The van der Waals surface area contributed by atoms with Gasteiger partial charge in [0.15, 0.2) is 11.5 Å². The highest BCUT2D eigenvalue weighted by atomic mass is 16.5. The van der Waals surface area contributed by atoms with Crippen LogP contribution in [0.5, 0.6) is 5.75 Å². The van der Waals surface area contributed by atoms with Crippen molar-refractivity contribution < 1.29 is 13.9 Å². The Bertz CT molecular complexity index is 1300. The van der Waals surface area contributed by atoms with Crippen LogP contribution in [0.4, 0.5) is 0 Å². The highest BCUT2D eigenvalue weighted by molar-refractivity contribution is 5.93. The molecule has 0 radical (unpaired) electrons. The molecule has 8 heteroatoms. The number of amides is 1. The van der Waals surface area contributed by atoms with Gasteiger partial charge in [0, 0.05) is 29.8 Å². The van der Waals surface area contributed by atoms with Gasteiger partial charge < -0.3 is 14.5 Å². The van der Waals surface area contributed by atoms with Crippen molar-refractivity contribution in [3.63, 3.8) is 0 Å². The molecule has 1 aliphatic carbocycles. The Morgan fingerprint density at radius 2 is 2.06 bits per heavy atom. The first-order valence-corrected chi connectivity index (χ1v) is 10.9. The van der Waals surface area contributed by atoms with Crippen molar-refractivity contribution in [3.8, 4) is 28.3 Å². The van der Waals surface area contributed by atoms with Crippen molar-refractivity contribution in [1.82, 2.24) is 25.3 Å². The van der Waals surface area contributed by atoms with Crippen LogP contribution in [0.15, 0.2) is 53.2 Å². The number of furan rings is 1. The average Bonchev–Trinajstić information content (AvgIpc) is 3.19. The third-order valence-electron chi connectivity index (χ3n) is 6.03. The number of carbonyl (C=O) groups is 1. The van der Waals surface area contributed by atoms with Crippen LogP contribution >= 0.6 is 0 Å². The second kappa shape index (κ2) is 7.40. The molecule has 1 amide bonds. The molecule has 3 aromatic heterocycles. The van der Waals surface area contributed by atoms with Gasteiger partial charge in [0.05, 0.1) is 24.9 Å². The molecule has 1 aliphatic heterocycles. The standard InChI is InChI=1S/C24H23N5O3/c1-14-2-6-23(32-14)20-11-21(28-27-20)24(30)26-19-8-9-31-22-7-3-15(10-18(19)22)16-12-25-29(13-16)17-4-5-17/h2-3,6-7,10-13,17,19H,4-5,8-9H2,1H3,(H,26,30)(H,27,28). The topological polar surface area (TPSA) is 98.0 Å². The summed E-state index contributed by atoms with van der Waals surface area (Å²) in [5.74, 6) is 2.02. The summed E-state index contributed by atoms with van der Waals surface area (Å²) in [7, 11) is 0. The zero-order valence-electron chi connectivity index (χ0n) is 17.7. The second-order valence-corrected chi connectivity index (χ2v) is 8.43. The predicted octanol–water partition coefficient (Wildman–Crippen LogP) is 4.43. The van der Waals surface area contributed by atoms with Gasteiger partial charge in [-0.2, -0.15) is 10.2 Å². The van der Waals surface area contributed by atoms with E-state index in [0.717, 1.165) is 28.2 Å². The highest BCUT2D eigenvalue weighted by Crippen LogP contribution is 2.38. The summed E-state index contributed by atoms with van der Waals surface area (Å²) >= 11 is 0. The molecule has 1 fully saturated rings. The van der Waals surface area contributed by atoms with E-state index in [2.05, 4.69) is 32.9 Å².